The number of nitrogens with zero attached hydrogens (tertiary/aromatic N) is 1. The van der Waals surface area contributed by atoms with E-state index >= 15 is 0 Å². The molecule has 1 fully saturated rings. The third-order valence-corrected chi connectivity index (χ3v) is 6.05. The predicted molar refractivity (Wildman–Crippen MR) is 114 cm³/mol. The van der Waals surface area contributed by atoms with Crippen LogP contribution in [0.3, 0.4) is 0 Å². The zero-order valence-corrected chi connectivity index (χ0v) is 17.1. The molecule has 2 aromatic rings. The summed E-state index contributed by atoms with van der Waals surface area (Å²) in [7, 11) is 1.74. The Morgan fingerprint density at radius 2 is 2.00 bits per heavy atom. The highest BCUT2D eigenvalue weighted by atomic mass is 35.5. The fourth-order valence-corrected chi connectivity index (χ4v) is 4.38. The Morgan fingerprint density at radius 3 is 2.79 bits per heavy atom. The molecule has 0 aliphatic carbocycles. The number of anilines is 1. The molecule has 0 radical (unpaired) electrons. The fourth-order valence-electron chi connectivity index (χ4n) is 4.17. The Bertz CT molecular complexity index is 859. The highest BCUT2D eigenvalue weighted by Gasteiger charge is 2.41. The summed E-state index contributed by atoms with van der Waals surface area (Å²) in [4.78, 5) is 5.03. The van der Waals surface area contributed by atoms with Gasteiger partial charge in [-0.2, -0.15) is 0 Å². The summed E-state index contributed by atoms with van der Waals surface area (Å²) in [6.45, 7) is 2.94. The van der Waals surface area contributed by atoms with Crippen molar-refractivity contribution >= 4 is 23.1 Å². The maximum atomic E-state index is 6.14. The standard InChI is InChI=1S/C23H27ClN2O2/c1-27-10-7-17-5-6-19-15-23(8-11-28-12-9-23)22(26-21(19)14-17)25-16-18-3-2-4-20(24)13-18/h2-6,13-14H,7-12,15-16H2,1H3,(H,25,26). The van der Waals surface area contributed by atoms with Crippen molar-refractivity contribution in [1.82, 2.24) is 0 Å². The number of methoxy groups -OCH3 is 1. The van der Waals surface area contributed by atoms with Crippen LogP contribution in [0.25, 0.3) is 0 Å². The highest BCUT2D eigenvalue weighted by molar-refractivity contribution is 6.30. The predicted octanol–water partition coefficient (Wildman–Crippen LogP) is 4.89. The number of halogens is 1. The van der Waals surface area contributed by atoms with Crippen molar-refractivity contribution in [3.63, 3.8) is 0 Å². The molecule has 1 saturated heterocycles. The zero-order chi connectivity index (χ0) is 19.4. The molecule has 4 nitrogen and oxygen atoms in total. The van der Waals surface area contributed by atoms with Gasteiger partial charge in [0.1, 0.15) is 5.84 Å². The van der Waals surface area contributed by atoms with E-state index in [0.717, 1.165) is 61.9 Å². The summed E-state index contributed by atoms with van der Waals surface area (Å²) in [5.74, 6) is 1.09. The lowest BCUT2D eigenvalue weighted by molar-refractivity contribution is 0.0448. The highest BCUT2D eigenvalue weighted by Crippen LogP contribution is 2.42. The van der Waals surface area contributed by atoms with Crippen LogP contribution in [0.5, 0.6) is 0 Å². The van der Waals surface area contributed by atoms with Gasteiger partial charge in [0.15, 0.2) is 0 Å². The van der Waals surface area contributed by atoms with Gasteiger partial charge < -0.3 is 14.8 Å². The fraction of sp³-hybridized carbons (Fsp3) is 0.435. The van der Waals surface area contributed by atoms with Gasteiger partial charge in [-0.15, -0.1) is 0 Å². The number of amidine groups is 1. The van der Waals surface area contributed by atoms with Crippen molar-refractivity contribution in [3.8, 4) is 0 Å². The smallest absolute Gasteiger partial charge is 0.108 e. The van der Waals surface area contributed by atoms with Gasteiger partial charge in [0.2, 0.25) is 0 Å². The molecule has 0 amide bonds. The van der Waals surface area contributed by atoms with E-state index in [1.54, 1.807) is 7.11 Å². The van der Waals surface area contributed by atoms with Gasteiger partial charge in [0.25, 0.3) is 0 Å². The van der Waals surface area contributed by atoms with E-state index in [-0.39, 0.29) is 5.41 Å². The quantitative estimate of drug-likeness (QED) is 0.779. The third kappa shape index (κ3) is 4.24. The van der Waals surface area contributed by atoms with Crippen LogP contribution < -0.4 is 5.32 Å². The molecule has 2 heterocycles. The van der Waals surface area contributed by atoms with Gasteiger partial charge in [0, 0.05) is 36.4 Å². The number of benzene rings is 2. The minimum Gasteiger partial charge on any atom is -0.384 e. The van der Waals surface area contributed by atoms with E-state index in [4.69, 9.17) is 26.1 Å². The minimum atomic E-state index is 0.0396. The molecular weight excluding hydrogens is 372 g/mol. The summed E-state index contributed by atoms with van der Waals surface area (Å²) in [5, 5.41) is 4.43. The van der Waals surface area contributed by atoms with Gasteiger partial charge in [-0.1, -0.05) is 35.9 Å². The minimum absolute atomic E-state index is 0.0396. The number of fused-ring (bicyclic) bond motifs is 1. The summed E-state index contributed by atoms with van der Waals surface area (Å²) in [5.41, 5.74) is 4.99. The van der Waals surface area contributed by atoms with Crippen LogP contribution in [0, 0.1) is 5.41 Å². The molecule has 5 heteroatoms. The average Bonchev–Trinajstić information content (AvgIpc) is 2.71. The molecule has 148 valence electrons. The van der Waals surface area contributed by atoms with Crippen LogP contribution in [0.4, 0.5) is 5.69 Å². The largest absolute Gasteiger partial charge is 0.384 e. The summed E-state index contributed by atoms with van der Waals surface area (Å²) in [6, 6.07) is 14.7. The number of nitrogens with one attached hydrogen (secondary N) is 1. The van der Waals surface area contributed by atoms with Gasteiger partial charge in [-0.3, -0.25) is 4.99 Å². The first-order valence-corrected chi connectivity index (χ1v) is 10.3. The zero-order valence-electron chi connectivity index (χ0n) is 16.3. The molecule has 0 saturated carbocycles. The van der Waals surface area contributed by atoms with E-state index in [1.807, 2.05) is 18.2 Å². The SMILES string of the molecule is COCCc1ccc2c(c1)NC(=NCc1cccc(Cl)c1)C1(CCOCC1)C2. The van der Waals surface area contributed by atoms with E-state index in [2.05, 4.69) is 29.6 Å². The molecule has 2 aliphatic rings. The summed E-state index contributed by atoms with van der Waals surface area (Å²) >= 11 is 6.14. The van der Waals surface area contributed by atoms with Gasteiger partial charge in [-0.25, -0.2) is 0 Å². The van der Waals surface area contributed by atoms with Crippen molar-refractivity contribution in [3.05, 3.63) is 64.2 Å². The molecule has 1 spiro atoms. The maximum absolute atomic E-state index is 6.14. The summed E-state index contributed by atoms with van der Waals surface area (Å²) in [6.07, 6.45) is 3.93. The van der Waals surface area contributed by atoms with Gasteiger partial charge in [0.05, 0.1) is 13.2 Å². The average molecular weight is 399 g/mol. The lowest BCUT2D eigenvalue weighted by atomic mass is 9.71. The Morgan fingerprint density at radius 1 is 1.14 bits per heavy atom. The molecule has 28 heavy (non-hydrogen) atoms. The molecule has 0 aromatic heterocycles. The third-order valence-electron chi connectivity index (χ3n) is 5.81. The van der Waals surface area contributed by atoms with Crippen molar-refractivity contribution in [2.45, 2.75) is 32.2 Å². The van der Waals surface area contributed by atoms with Crippen LogP contribution in [-0.2, 0) is 28.9 Å². The molecule has 0 bridgehead atoms. The van der Waals surface area contributed by atoms with Gasteiger partial charge >= 0.3 is 0 Å². The molecular formula is C23H27ClN2O2. The second kappa shape index (κ2) is 8.64. The molecule has 2 aliphatic heterocycles. The lowest BCUT2D eigenvalue weighted by Gasteiger charge is -2.42. The Labute approximate surface area is 171 Å². The van der Waals surface area contributed by atoms with E-state index in [9.17, 15) is 0 Å². The van der Waals surface area contributed by atoms with Crippen molar-refractivity contribution in [2.24, 2.45) is 10.4 Å². The topological polar surface area (TPSA) is 42.8 Å². The van der Waals surface area contributed by atoms with E-state index in [0.29, 0.717) is 6.54 Å². The maximum Gasteiger partial charge on any atom is 0.108 e. The number of rotatable bonds is 5. The molecule has 2 aromatic carbocycles. The van der Waals surface area contributed by atoms with Gasteiger partial charge in [-0.05, 0) is 60.6 Å². The van der Waals surface area contributed by atoms with Crippen LogP contribution in [0.1, 0.15) is 29.5 Å². The van der Waals surface area contributed by atoms with Crippen molar-refractivity contribution in [2.75, 3.05) is 32.2 Å². The van der Waals surface area contributed by atoms with Crippen LogP contribution >= 0.6 is 11.6 Å². The number of ether oxygens (including phenoxy) is 2. The van der Waals surface area contributed by atoms with E-state index in [1.165, 1.54) is 16.8 Å². The van der Waals surface area contributed by atoms with Crippen LogP contribution in [0.15, 0.2) is 47.5 Å². The Balaban J connectivity index is 1.63. The molecule has 0 atom stereocenters. The molecule has 1 N–H and O–H groups in total. The lowest BCUT2D eigenvalue weighted by Crippen LogP contribution is -2.45. The Hall–Kier alpha value is -1.88. The van der Waals surface area contributed by atoms with Crippen LogP contribution in [-0.4, -0.2) is 32.8 Å². The normalized spacial score (nSPS) is 19.4. The first kappa shape index (κ1) is 19.4. The number of hydrogen-bond donors (Lipinski definition) is 1. The first-order valence-electron chi connectivity index (χ1n) is 9.93. The van der Waals surface area contributed by atoms with Crippen LogP contribution in [0.2, 0.25) is 5.02 Å². The molecule has 4 rings (SSSR count). The van der Waals surface area contributed by atoms with Crippen molar-refractivity contribution < 1.29 is 9.47 Å². The van der Waals surface area contributed by atoms with E-state index < -0.39 is 0 Å². The van der Waals surface area contributed by atoms with Crippen molar-refractivity contribution in [1.29, 1.82) is 0 Å². The second-order valence-corrected chi connectivity index (χ2v) is 8.16. The number of aliphatic imine (C=N–C) groups is 1. The monoisotopic (exact) mass is 398 g/mol. The first-order chi connectivity index (χ1) is 13.7. The second-order valence-electron chi connectivity index (χ2n) is 7.72. The summed E-state index contributed by atoms with van der Waals surface area (Å²) < 4.78 is 10.9. The molecule has 0 unspecified atom stereocenters. The Kier molecular flexibility index (Phi) is 6.00. The number of hydrogen-bond acceptors (Lipinski definition) is 3.